The smallest absolute Gasteiger partial charge is 0.312 e. The summed E-state index contributed by atoms with van der Waals surface area (Å²) in [6.45, 7) is 3.33. The van der Waals surface area contributed by atoms with Gasteiger partial charge in [-0.15, -0.1) is 0 Å². The van der Waals surface area contributed by atoms with Gasteiger partial charge in [0, 0.05) is 0 Å². The monoisotopic (exact) mass is 246 g/mol. The topological polar surface area (TPSA) is 35.5 Å². The van der Waals surface area contributed by atoms with E-state index in [9.17, 15) is 4.79 Å². The molecule has 0 unspecified atom stereocenters. The average Bonchev–Trinajstić information content (AvgIpc) is 3.11. The molecule has 3 rings (SSSR count). The Morgan fingerprint density at radius 1 is 1.22 bits per heavy atom. The third kappa shape index (κ3) is 1.37. The fourth-order valence-corrected chi connectivity index (χ4v) is 3.10. The lowest BCUT2D eigenvalue weighted by atomic mass is 9.66. The number of ether oxygens (including phenoxy) is 2. The second-order valence-corrected chi connectivity index (χ2v) is 5.51. The molecular weight excluding hydrogens is 228 g/mol. The first-order chi connectivity index (χ1) is 8.64. The third-order valence-corrected chi connectivity index (χ3v) is 4.54. The Bertz CT molecular complexity index is 467. The van der Waals surface area contributed by atoms with Gasteiger partial charge in [0.25, 0.3) is 0 Å². The largest absolute Gasteiger partial charge is 0.469 e. The molecule has 0 radical (unpaired) electrons. The van der Waals surface area contributed by atoms with E-state index in [0.717, 1.165) is 12.8 Å². The van der Waals surface area contributed by atoms with Gasteiger partial charge in [-0.3, -0.25) is 4.79 Å². The molecule has 1 saturated carbocycles. The van der Waals surface area contributed by atoms with Gasteiger partial charge >= 0.3 is 5.97 Å². The van der Waals surface area contributed by atoms with Crippen LogP contribution in [-0.2, 0) is 19.7 Å². The fourth-order valence-electron chi connectivity index (χ4n) is 3.10. The third-order valence-electron chi connectivity index (χ3n) is 4.54. The van der Waals surface area contributed by atoms with Crippen molar-refractivity contribution >= 4 is 5.97 Å². The molecular formula is C15H18O3. The normalized spacial score (nSPS) is 23.0. The van der Waals surface area contributed by atoms with Crippen molar-refractivity contribution in [1.82, 2.24) is 0 Å². The predicted molar refractivity (Wildman–Crippen MR) is 67.4 cm³/mol. The molecule has 1 aliphatic carbocycles. The second-order valence-electron chi connectivity index (χ2n) is 5.51. The first-order valence-electron chi connectivity index (χ1n) is 6.38. The number of carbonyl (C=O) groups is 1. The van der Waals surface area contributed by atoms with Gasteiger partial charge in [0.2, 0.25) is 0 Å². The predicted octanol–water partition coefficient (Wildman–Crippen LogP) is 2.22. The van der Waals surface area contributed by atoms with Crippen molar-refractivity contribution in [2.75, 3.05) is 20.3 Å². The van der Waals surface area contributed by atoms with Crippen LogP contribution >= 0.6 is 0 Å². The molecule has 0 bridgehead atoms. The Kier molecular flexibility index (Phi) is 2.49. The minimum atomic E-state index is -0.338. The van der Waals surface area contributed by atoms with Crippen molar-refractivity contribution in [1.29, 1.82) is 0 Å². The summed E-state index contributed by atoms with van der Waals surface area (Å²) in [6, 6.07) is 8.45. The van der Waals surface area contributed by atoms with Crippen LogP contribution in [-0.4, -0.2) is 26.3 Å². The van der Waals surface area contributed by atoms with E-state index in [1.807, 2.05) is 0 Å². The molecule has 0 amide bonds. The zero-order valence-electron chi connectivity index (χ0n) is 10.9. The maximum Gasteiger partial charge on any atom is 0.312 e. The van der Waals surface area contributed by atoms with E-state index in [2.05, 4.69) is 31.2 Å². The number of rotatable bonds is 3. The Morgan fingerprint density at radius 2 is 1.83 bits per heavy atom. The molecule has 1 aromatic carbocycles. The van der Waals surface area contributed by atoms with Gasteiger partial charge < -0.3 is 9.47 Å². The van der Waals surface area contributed by atoms with Crippen LogP contribution in [0, 0.1) is 12.3 Å². The van der Waals surface area contributed by atoms with Crippen molar-refractivity contribution in [3.63, 3.8) is 0 Å². The van der Waals surface area contributed by atoms with Gasteiger partial charge in [-0.25, -0.2) is 0 Å². The van der Waals surface area contributed by atoms with Gasteiger partial charge in [-0.2, -0.15) is 0 Å². The molecule has 0 N–H and O–H groups in total. The van der Waals surface area contributed by atoms with Crippen molar-refractivity contribution < 1.29 is 14.3 Å². The van der Waals surface area contributed by atoms with E-state index < -0.39 is 0 Å². The average molecular weight is 246 g/mol. The van der Waals surface area contributed by atoms with Crippen LogP contribution < -0.4 is 0 Å². The van der Waals surface area contributed by atoms with Gasteiger partial charge in [0.05, 0.1) is 31.2 Å². The van der Waals surface area contributed by atoms with E-state index in [1.165, 1.54) is 18.2 Å². The molecule has 3 nitrogen and oxygen atoms in total. The van der Waals surface area contributed by atoms with E-state index in [0.29, 0.717) is 13.2 Å². The lowest BCUT2D eigenvalue weighted by Gasteiger charge is -2.47. The maximum atomic E-state index is 12.1. The SMILES string of the molecule is COC(=O)C1(C2(c3ccc(C)cc3)COC2)CC1. The van der Waals surface area contributed by atoms with E-state index >= 15 is 0 Å². The Hall–Kier alpha value is -1.35. The summed E-state index contributed by atoms with van der Waals surface area (Å²) in [5.74, 6) is -0.0774. The molecule has 1 aromatic rings. The molecule has 0 aromatic heterocycles. The highest BCUT2D eigenvalue weighted by Crippen LogP contribution is 2.63. The van der Waals surface area contributed by atoms with Gasteiger partial charge in [0.15, 0.2) is 0 Å². The van der Waals surface area contributed by atoms with Crippen molar-refractivity contribution in [3.05, 3.63) is 35.4 Å². The molecule has 3 heteroatoms. The van der Waals surface area contributed by atoms with Gasteiger partial charge in [0.1, 0.15) is 0 Å². The zero-order chi connectivity index (χ0) is 12.8. The number of esters is 1. The summed E-state index contributed by atoms with van der Waals surface area (Å²) in [5.41, 5.74) is 1.95. The van der Waals surface area contributed by atoms with Crippen LogP contribution in [0.1, 0.15) is 24.0 Å². The van der Waals surface area contributed by atoms with Crippen molar-refractivity contribution in [2.24, 2.45) is 5.41 Å². The van der Waals surface area contributed by atoms with Gasteiger partial charge in [-0.1, -0.05) is 29.8 Å². The summed E-state index contributed by atoms with van der Waals surface area (Å²) in [4.78, 5) is 12.1. The lowest BCUT2D eigenvalue weighted by molar-refractivity contribution is -0.164. The fraction of sp³-hybridized carbons (Fsp3) is 0.533. The van der Waals surface area contributed by atoms with Crippen LogP contribution in [0.5, 0.6) is 0 Å². The molecule has 0 spiro atoms. The van der Waals surface area contributed by atoms with Crippen LogP contribution in [0.3, 0.4) is 0 Å². The van der Waals surface area contributed by atoms with E-state index in [4.69, 9.17) is 9.47 Å². The number of hydrogen-bond donors (Lipinski definition) is 0. The summed E-state index contributed by atoms with van der Waals surface area (Å²) in [5, 5.41) is 0. The molecule has 96 valence electrons. The Labute approximate surface area is 107 Å². The molecule has 1 aliphatic heterocycles. The Balaban J connectivity index is 2.00. The molecule has 18 heavy (non-hydrogen) atoms. The summed E-state index contributed by atoms with van der Waals surface area (Å²) >= 11 is 0. The van der Waals surface area contributed by atoms with Crippen LogP contribution in [0.15, 0.2) is 24.3 Å². The van der Waals surface area contributed by atoms with E-state index in [-0.39, 0.29) is 16.8 Å². The van der Waals surface area contributed by atoms with E-state index in [1.54, 1.807) is 0 Å². The minimum Gasteiger partial charge on any atom is -0.469 e. The number of hydrogen-bond acceptors (Lipinski definition) is 3. The highest BCUT2D eigenvalue weighted by atomic mass is 16.5. The second kappa shape index (κ2) is 3.82. The standard InChI is InChI=1S/C15H18O3/c1-11-3-5-12(6-4-11)15(9-18-10-15)14(7-8-14)13(16)17-2/h3-6H,7-10H2,1-2H3. The summed E-state index contributed by atoms with van der Waals surface area (Å²) in [6.07, 6.45) is 1.83. The Morgan fingerprint density at radius 3 is 2.22 bits per heavy atom. The molecule has 1 saturated heterocycles. The molecule has 2 fully saturated rings. The number of carbonyl (C=O) groups excluding carboxylic acids is 1. The highest BCUT2D eigenvalue weighted by Gasteiger charge is 2.68. The first-order valence-corrected chi connectivity index (χ1v) is 6.38. The highest BCUT2D eigenvalue weighted by molar-refractivity contribution is 5.82. The lowest BCUT2D eigenvalue weighted by Crippen LogP contribution is -2.56. The van der Waals surface area contributed by atoms with Crippen molar-refractivity contribution in [2.45, 2.75) is 25.2 Å². The van der Waals surface area contributed by atoms with Gasteiger partial charge in [-0.05, 0) is 25.3 Å². The molecule has 0 atom stereocenters. The first kappa shape index (κ1) is 11.7. The maximum absolute atomic E-state index is 12.1. The zero-order valence-corrected chi connectivity index (χ0v) is 10.9. The van der Waals surface area contributed by atoms with Crippen LogP contribution in [0.4, 0.5) is 0 Å². The number of methoxy groups -OCH3 is 1. The number of benzene rings is 1. The van der Waals surface area contributed by atoms with Crippen LogP contribution in [0.25, 0.3) is 0 Å². The minimum absolute atomic E-state index is 0.0774. The summed E-state index contributed by atoms with van der Waals surface area (Å²) in [7, 11) is 1.48. The quantitative estimate of drug-likeness (QED) is 0.767. The number of aryl methyl sites for hydroxylation is 1. The summed E-state index contributed by atoms with van der Waals surface area (Å²) < 4.78 is 10.4. The van der Waals surface area contributed by atoms with Crippen LogP contribution in [0.2, 0.25) is 0 Å². The van der Waals surface area contributed by atoms with Crippen molar-refractivity contribution in [3.8, 4) is 0 Å². The molecule has 2 aliphatic rings. The molecule has 1 heterocycles.